The quantitative estimate of drug-likeness (QED) is 0.570. The van der Waals surface area contributed by atoms with E-state index >= 15 is 4.39 Å². The van der Waals surface area contributed by atoms with Gasteiger partial charge in [0.2, 0.25) is 5.96 Å². The van der Waals surface area contributed by atoms with Crippen LogP contribution in [0.5, 0.6) is 5.75 Å². The first kappa shape index (κ1) is 21.4. The number of benzene rings is 1. The standard InChI is InChI=1S/C23H25FN6O2S/c1-30-22(25)29-23(9-4-5-19(23)33(30,3)31)17-12-15(6-7-18(17)24)28-21-20-14(8-10-26-21)11-16(32-2)13-27-20/h6-8,10-13,19H,3-5,9H2,1-2H3,(H2,25,29)(H,26,28)/t19?,23-,33?/m1/s1. The van der Waals surface area contributed by atoms with Gasteiger partial charge in [-0.1, -0.05) is 0 Å². The molecule has 3 N–H and O–H groups in total. The first-order valence-corrected chi connectivity index (χ1v) is 12.3. The summed E-state index contributed by atoms with van der Waals surface area (Å²) in [6.07, 6.45) is 5.23. The maximum absolute atomic E-state index is 15.2. The van der Waals surface area contributed by atoms with Gasteiger partial charge < -0.3 is 15.8 Å². The zero-order valence-corrected chi connectivity index (χ0v) is 19.2. The number of aromatic nitrogens is 2. The van der Waals surface area contributed by atoms with Crippen molar-refractivity contribution in [2.75, 3.05) is 19.5 Å². The van der Waals surface area contributed by atoms with Gasteiger partial charge in [-0.15, -0.1) is 0 Å². The summed E-state index contributed by atoms with van der Waals surface area (Å²) in [5.74, 6) is 4.83. The monoisotopic (exact) mass is 468 g/mol. The number of fused-ring (bicyclic) bond motifs is 2. The molecule has 33 heavy (non-hydrogen) atoms. The Hall–Kier alpha value is -3.40. The van der Waals surface area contributed by atoms with Crippen LogP contribution in [0.25, 0.3) is 10.9 Å². The molecule has 3 heterocycles. The molecule has 3 aromatic rings. The molecule has 0 radical (unpaired) electrons. The zero-order chi connectivity index (χ0) is 23.4. The number of hydrogen-bond donors (Lipinski definition) is 2. The van der Waals surface area contributed by atoms with Gasteiger partial charge in [0, 0.05) is 29.9 Å². The molecule has 172 valence electrons. The Balaban J connectivity index is 1.60. The number of halogens is 1. The van der Waals surface area contributed by atoms with Gasteiger partial charge in [0.25, 0.3) is 0 Å². The molecule has 0 bridgehead atoms. The number of nitrogens with two attached hydrogens (primary N) is 1. The van der Waals surface area contributed by atoms with E-state index in [0.717, 1.165) is 11.8 Å². The Morgan fingerprint density at radius 2 is 2.15 bits per heavy atom. The Morgan fingerprint density at radius 1 is 1.33 bits per heavy atom. The van der Waals surface area contributed by atoms with Gasteiger partial charge in [-0.2, -0.15) is 0 Å². The van der Waals surface area contributed by atoms with Gasteiger partial charge in [-0.3, -0.25) is 4.31 Å². The fraction of sp³-hybridized carbons (Fsp3) is 0.304. The Labute approximate surface area is 191 Å². The molecule has 0 amide bonds. The molecule has 3 atom stereocenters. The lowest BCUT2D eigenvalue weighted by Gasteiger charge is -2.42. The number of pyridine rings is 2. The molecule has 1 aromatic carbocycles. The van der Waals surface area contributed by atoms with Crippen LogP contribution < -0.4 is 15.8 Å². The number of ether oxygens (including phenoxy) is 1. The van der Waals surface area contributed by atoms with Crippen LogP contribution >= 0.6 is 0 Å². The SMILES string of the molecule is C=S1(=O)C2CCC[C@]2(c2cc(Nc3nccc4cc(OC)cnc34)ccc2F)N=C(N)N1C. The summed E-state index contributed by atoms with van der Waals surface area (Å²) in [7, 11) is 0.446. The topological polar surface area (TPSA) is 106 Å². The molecule has 2 aromatic heterocycles. The zero-order valence-electron chi connectivity index (χ0n) is 18.4. The largest absolute Gasteiger partial charge is 0.495 e. The molecule has 1 saturated carbocycles. The molecule has 0 spiro atoms. The van der Waals surface area contributed by atoms with Crippen molar-refractivity contribution in [1.29, 1.82) is 0 Å². The van der Waals surface area contributed by atoms with Gasteiger partial charge in [0.15, 0.2) is 5.82 Å². The fourth-order valence-electron chi connectivity index (χ4n) is 4.88. The van der Waals surface area contributed by atoms with Crippen molar-refractivity contribution in [3.05, 3.63) is 54.1 Å². The van der Waals surface area contributed by atoms with E-state index in [1.54, 1.807) is 38.7 Å². The van der Waals surface area contributed by atoms with Crippen LogP contribution in [0.15, 0.2) is 47.7 Å². The lowest BCUT2D eigenvalue weighted by molar-refractivity contribution is 0.413. The first-order chi connectivity index (χ1) is 15.8. The second kappa shape index (κ2) is 7.58. The summed E-state index contributed by atoms with van der Waals surface area (Å²) in [5.41, 5.74) is 6.73. The van der Waals surface area contributed by atoms with Gasteiger partial charge in [-0.05, 0) is 55.5 Å². The minimum atomic E-state index is -2.76. The van der Waals surface area contributed by atoms with Gasteiger partial charge >= 0.3 is 0 Å². The van der Waals surface area contributed by atoms with E-state index in [9.17, 15) is 4.21 Å². The van der Waals surface area contributed by atoms with Crippen molar-refractivity contribution in [2.24, 2.45) is 10.7 Å². The van der Waals surface area contributed by atoms with Crippen LogP contribution in [0, 0.1) is 5.82 Å². The highest BCUT2D eigenvalue weighted by atomic mass is 32.2. The second-order valence-corrected chi connectivity index (χ2v) is 10.9. The number of nitrogens with one attached hydrogen (secondary N) is 1. The van der Waals surface area contributed by atoms with E-state index in [4.69, 9.17) is 15.5 Å². The first-order valence-electron chi connectivity index (χ1n) is 10.6. The van der Waals surface area contributed by atoms with Crippen molar-refractivity contribution in [3.8, 4) is 5.75 Å². The lowest BCUT2D eigenvalue weighted by atomic mass is 9.87. The highest BCUT2D eigenvalue weighted by Gasteiger charge is 2.54. The average Bonchev–Trinajstić information content (AvgIpc) is 3.24. The molecule has 2 unspecified atom stereocenters. The Morgan fingerprint density at radius 3 is 2.94 bits per heavy atom. The number of methoxy groups -OCH3 is 1. The molecule has 0 saturated heterocycles. The molecule has 10 heteroatoms. The summed E-state index contributed by atoms with van der Waals surface area (Å²) in [6, 6.07) is 8.43. The number of aliphatic imine (C=N–C) groups is 1. The van der Waals surface area contributed by atoms with Crippen LogP contribution in [0.2, 0.25) is 0 Å². The maximum Gasteiger partial charge on any atom is 0.203 e. The third kappa shape index (κ3) is 3.28. The maximum atomic E-state index is 15.2. The fourth-order valence-corrected chi connectivity index (χ4v) is 7.06. The van der Waals surface area contributed by atoms with E-state index in [1.165, 1.54) is 10.4 Å². The highest BCUT2D eigenvalue weighted by Crippen LogP contribution is 2.50. The summed E-state index contributed by atoms with van der Waals surface area (Å²) < 4.78 is 35.4. The molecular formula is C23H25FN6O2S. The van der Waals surface area contributed by atoms with Gasteiger partial charge in [0.05, 0.1) is 28.3 Å². The molecule has 1 fully saturated rings. The third-order valence-corrected chi connectivity index (χ3v) is 9.24. The Bertz CT molecular complexity index is 1390. The minimum absolute atomic E-state index is 0.111. The molecule has 2 aliphatic rings. The van der Waals surface area contributed by atoms with E-state index in [1.807, 2.05) is 12.1 Å². The average molecular weight is 469 g/mol. The van der Waals surface area contributed by atoms with E-state index < -0.39 is 26.3 Å². The lowest BCUT2D eigenvalue weighted by Crippen LogP contribution is -2.55. The number of rotatable bonds is 4. The third-order valence-electron chi connectivity index (χ3n) is 6.61. The summed E-state index contributed by atoms with van der Waals surface area (Å²) in [5, 5.41) is 3.67. The van der Waals surface area contributed by atoms with Crippen molar-refractivity contribution < 1.29 is 13.3 Å². The van der Waals surface area contributed by atoms with Crippen molar-refractivity contribution in [1.82, 2.24) is 14.3 Å². The predicted octanol–water partition coefficient (Wildman–Crippen LogP) is 3.16. The predicted molar refractivity (Wildman–Crippen MR) is 130 cm³/mol. The highest BCUT2D eigenvalue weighted by molar-refractivity contribution is 7.99. The smallest absolute Gasteiger partial charge is 0.203 e. The summed E-state index contributed by atoms with van der Waals surface area (Å²) >= 11 is 0. The van der Waals surface area contributed by atoms with E-state index in [0.29, 0.717) is 41.2 Å². The van der Waals surface area contributed by atoms with Crippen LogP contribution in [-0.2, 0) is 15.2 Å². The number of anilines is 2. The number of nitrogens with zero attached hydrogens (tertiary/aromatic N) is 4. The molecule has 5 rings (SSSR count). The van der Waals surface area contributed by atoms with Gasteiger partial charge in [-0.25, -0.2) is 23.6 Å². The summed E-state index contributed by atoms with van der Waals surface area (Å²) in [4.78, 5) is 13.6. The van der Waals surface area contributed by atoms with Gasteiger partial charge in [0.1, 0.15) is 22.6 Å². The van der Waals surface area contributed by atoms with E-state index in [-0.39, 0.29) is 5.96 Å². The Kier molecular flexibility index (Phi) is 4.93. The van der Waals surface area contributed by atoms with E-state index in [2.05, 4.69) is 21.2 Å². The van der Waals surface area contributed by atoms with Crippen LogP contribution in [0.1, 0.15) is 24.8 Å². The van der Waals surface area contributed by atoms with Crippen molar-refractivity contribution in [3.63, 3.8) is 0 Å². The molecule has 1 aliphatic carbocycles. The number of guanidine groups is 1. The molecule has 1 aliphatic heterocycles. The van der Waals surface area contributed by atoms with Crippen molar-refractivity contribution >= 4 is 43.9 Å². The van der Waals surface area contributed by atoms with Crippen molar-refractivity contribution in [2.45, 2.75) is 30.1 Å². The molecular weight excluding hydrogens is 443 g/mol. The van der Waals surface area contributed by atoms with Crippen LogP contribution in [-0.4, -0.2) is 49.7 Å². The molecule has 8 nitrogen and oxygen atoms in total. The summed E-state index contributed by atoms with van der Waals surface area (Å²) in [6.45, 7) is 0. The minimum Gasteiger partial charge on any atom is -0.495 e. The normalized spacial score (nSPS) is 26.7. The van der Waals surface area contributed by atoms with Crippen LogP contribution in [0.4, 0.5) is 15.9 Å². The number of hydrogen-bond acceptors (Lipinski definition) is 7. The second-order valence-electron chi connectivity index (χ2n) is 8.39. The van der Waals surface area contributed by atoms with Crippen LogP contribution in [0.3, 0.4) is 0 Å².